The lowest BCUT2D eigenvalue weighted by Gasteiger charge is -2.19. The van der Waals surface area contributed by atoms with Crippen LogP contribution in [-0.4, -0.2) is 0 Å². The Hall–Kier alpha value is -1.41. The van der Waals surface area contributed by atoms with E-state index in [0.29, 0.717) is 0 Å². The van der Waals surface area contributed by atoms with E-state index in [1.165, 1.54) is 0 Å². The fourth-order valence-corrected chi connectivity index (χ4v) is 4.00. The van der Waals surface area contributed by atoms with Crippen LogP contribution in [0.5, 0.6) is 5.75 Å². The zero-order valence-corrected chi connectivity index (χ0v) is 14.4. The summed E-state index contributed by atoms with van der Waals surface area (Å²) < 4.78 is 6.28. The highest BCUT2D eigenvalue weighted by Gasteiger charge is 2.17. The lowest BCUT2D eigenvalue weighted by Crippen LogP contribution is -2.15. The van der Waals surface area contributed by atoms with Gasteiger partial charge in [-0.15, -0.1) is 25.3 Å². The Morgan fingerprint density at radius 2 is 1.05 bits per heavy atom. The summed E-state index contributed by atoms with van der Waals surface area (Å²) in [6, 6.07) is 26.2. The van der Waals surface area contributed by atoms with Gasteiger partial charge in [-0.05, 0) is 60.7 Å². The molecule has 0 amide bonds. The van der Waals surface area contributed by atoms with Gasteiger partial charge in [-0.3, -0.25) is 0 Å². The highest BCUT2D eigenvalue weighted by atomic mass is 32.1. The first-order chi connectivity index (χ1) is 10.7. The summed E-state index contributed by atoms with van der Waals surface area (Å²) in [5, 5.41) is 2.31. The number of hydrogen-bond acceptors (Lipinski definition) is 3. The Bertz CT molecular complexity index is 682. The van der Waals surface area contributed by atoms with Crippen molar-refractivity contribution in [3.05, 3.63) is 78.9 Å². The number of para-hydroxylation sites is 1. The van der Waals surface area contributed by atoms with E-state index < -0.39 is 8.15 Å². The van der Waals surface area contributed by atoms with Crippen molar-refractivity contribution in [3.63, 3.8) is 0 Å². The van der Waals surface area contributed by atoms with E-state index in [0.717, 1.165) is 26.1 Å². The number of rotatable bonds is 4. The van der Waals surface area contributed by atoms with Gasteiger partial charge in [0.2, 0.25) is 0 Å². The molecule has 22 heavy (non-hydrogen) atoms. The highest BCUT2D eigenvalue weighted by molar-refractivity contribution is 7.80. The summed E-state index contributed by atoms with van der Waals surface area (Å²) in [5.41, 5.74) is 0. The molecule has 3 aromatic rings. The monoisotopic (exact) mass is 342 g/mol. The molecule has 0 bridgehead atoms. The van der Waals surface area contributed by atoms with Crippen LogP contribution < -0.4 is 15.1 Å². The second-order valence-electron chi connectivity index (χ2n) is 4.73. The van der Waals surface area contributed by atoms with E-state index >= 15 is 0 Å². The normalized spacial score (nSPS) is 10.7. The lowest BCUT2D eigenvalue weighted by atomic mass is 10.3. The van der Waals surface area contributed by atoms with E-state index in [9.17, 15) is 0 Å². The van der Waals surface area contributed by atoms with Crippen molar-refractivity contribution in [2.75, 3.05) is 0 Å². The third-order valence-corrected chi connectivity index (χ3v) is 5.63. The van der Waals surface area contributed by atoms with Crippen molar-refractivity contribution in [2.45, 2.75) is 9.79 Å². The van der Waals surface area contributed by atoms with Gasteiger partial charge in [-0.2, -0.15) is 0 Å². The first kappa shape index (κ1) is 15.5. The van der Waals surface area contributed by atoms with Crippen molar-refractivity contribution in [1.29, 1.82) is 0 Å². The van der Waals surface area contributed by atoms with Gasteiger partial charge < -0.3 is 4.52 Å². The van der Waals surface area contributed by atoms with Crippen LogP contribution in [0.4, 0.5) is 0 Å². The van der Waals surface area contributed by atoms with Crippen LogP contribution in [-0.2, 0) is 0 Å². The van der Waals surface area contributed by atoms with Gasteiger partial charge in [0, 0.05) is 20.4 Å². The van der Waals surface area contributed by atoms with Crippen molar-refractivity contribution in [2.24, 2.45) is 0 Å². The van der Waals surface area contributed by atoms with Crippen LogP contribution in [0.2, 0.25) is 0 Å². The van der Waals surface area contributed by atoms with Crippen molar-refractivity contribution >= 4 is 44.0 Å². The largest absolute Gasteiger partial charge is 0.464 e. The quantitative estimate of drug-likeness (QED) is 0.517. The van der Waals surface area contributed by atoms with E-state index in [1.807, 2.05) is 54.6 Å². The molecule has 0 radical (unpaired) electrons. The Morgan fingerprint density at radius 1 is 0.591 bits per heavy atom. The predicted molar refractivity (Wildman–Crippen MR) is 101 cm³/mol. The summed E-state index contributed by atoms with van der Waals surface area (Å²) in [6.07, 6.45) is 0. The molecule has 0 spiro atoms. The molecule has 1 nitrogen and oxygen atoms in total. The zero-order valence-electron chi connectivity index (χ0n) is 11.8. The molecule has 0 fully saturated rings. The Labute approximate surface area is 143 Å². The van der Waals surface area contributed by atoms with Crippen molar-refractivity contribution in [1.82, 2.24) is 0 Å². The molecule has 3 rings (SSSR count). The second kappa shape index (κ2) is 7.23. The second-order valence-corrected chi connectivity index (χ2v) is 7.57. The third-order valence-electron chi connectivity index (χ3n) is 3.11. The standard InChI is InChI=1S/C18H15OPS2/c21-17-10-6-15(7-11-17)20(16-8-12-18(22)13-9-16)19-14-4-2-1-3-5-14/h1-13,21-22H. The molecule has 0 N–H and O–H groups in total. The van der Waals surface area contributed by atoms with Crippen LogP contribution in [0.3, 0.4) is 0 Å². The average Bonchev–Trinajstić information content (AvgIpc) is 2.56. The van der Waals surface area contributed by atoms with Gasteiger partial charge in [0.1, 0.15) is 5.75 Å². The number of benzene rings is 3. The molecule has 4 heteroatoms. The first-order valence-corrected chi connectivity index (χ1v) is 8.99. The Morgan fingerprint density at radius 3 is 1.50 bits per heavy atom. The fraction of sp³-hybridized carbons (Fsp3) is 0. The molecule has 0 aliphatic carbocycles. The molecule has 110 valence electrons. The van der Waals surface area contributed by atoms with Gasteiger partial charge in [-0.25, -0.2) is 0 Å². The van der Waals surface area contributed by atoms with E-state index in [1.54, 1.807) is 0 Å². The van der Waals surface area contributed by atoms with Gasteiger partial charge in [0.15, 0.2) is 8.15 Å². The predicted octanol–water partition coefficient (Wildman–Crippen LogP) is 4.69. The maximum Gasteiger partial charge on any atom is 0.150 e. The number of hydrogen-bond donors (Lipinski definition) is 2. The average molecular weight is 342 g/mol. The maximum absolute atomic E-state index is 6.28. The summed E-state index contributed by atoms with van der Waals surface area (Å²) in [6.45, 7) is 0. The van der Waals surface area contributed by atoms with E-state index in [4.69, 9.17) is 4.52 Å². The minimum atomic E-state index is -0.920. The molecule has 0 atom stereocenters. The van der Waals surface area contributed by atoms with Crippen LogP contribution >= 0.6 is 33.4 Å². The molecule has 0 unspecified atom stereocenters. The maximum atomic E-state index is 6.28. The summed E-state index contributed by atoms with van der Waals surface area (Å²) in [4.78, 5) is 1.90. The highest BCUT2D eigenvalue weighted by Crippen LogP contribution is 2.36. The smallest absolute Gasteiger partial charge is 0.150 e. The summed E-state index contributed by atoms with van der Waals surface area (Å²) in [7, 11) is -0.920. The van der Waals surface area contributed by atoms with Crippen LogP contribution in [0, 0.1) is 0 Å². The minimum Gasteiger partial charge on any atom is -0.464 e. The number of thiol groups is 2. The molecule has 0 aliphatic heterocycles. The molecular formula is C18H15OPS2. The van der Waals surface area contributed by atoms with Gasteiger partial charge in [-0.1, -0.05) is 18.2 Å². The van der Waals surface area contributed by atoms with Crippen molar-refractivity contribution < 1.29 is 4.52 Å². The molecule has 0 saturated carbocycles. The zero-order chi connectivity index (χ0) is 15.4. The Balaban J connectivity index is 1.97. The third kappa shape index (κ3) is 3.86. The summed E-state index contributed by atoms with van der Waals surface area (Å²) >= 11 is 8.71. The SMILES string of the molecule is Sc1ccc(P(Oc2ccccc2)c2ccc(S)cc2)cc1. The molecule has 0 saturated heterocycles. The molecule has 0 aliphatic rings. The Kier molecular flexibility index (Phi) is 5.09. The van der Waals surface area contributed by atoms with E-state index in [2.05, 4.69) is 49.5 Å². The molecular weight excluding hydrogens is 327 g/mol. The van der Waals surface area contributed by atoms with Gasteiger partial charge in [0.25, 0.3) is 0 Å². The van der Waals surface area contributed by atoms with Gasteiger partial charge in [0.05, 0.1) is 0 Å². The summed E-state index contributed by atoms with van der Waals surface area (Å²) in [5.74, 6) is 0.874. The first-order valence-electron chi connectivity index (χ1n) is 6.83. The van der Waals surface area contributed by atoms with Gasteiger partial charge >= 0.3 is 0 Å². The van der Waals surface area contributed by atoms with Crippen LogP contribution in [0.1, 0.15) is 0 Å². The lowest BCUT2D eigenvalue weighted by molar-refractivity contribution is 0.630. The van der Waals surface area contributed by atoms with Crippen LogP contribution in [0.25, 0.3) is 0 Å². The molecule has 0 heterocycles. The van der Waals surface area contributed by atoms with E-state index in [-0.39, 0.29) is 0 Å². The minimum absolute atomic E-state index is 0.874. The molecule has 0 aromatic heterocycles. The topological polar surface area (TPSA) is 9.23 Å². The van der Waals surface area contributed by atoms with Crippen molar-refractivity contribution in [3.8, 4) is 5.75 Å². The fourth-order valence-electron chi connectivity index (χ4n) is 2.02. The van der Waals surface area contributed by atoms with Crippen LogP contribution in [0.15, 0.2) is 88.7 Å². The molecule has 3 aromatic carbocycles.